The van der Waals surface area contributed by atoms with Crippen molar-refractivity contribution in [1.29, 1.82) is 0 Å². The maximum Gasteiger partial charge on any atom is 0.258 e. The van der Waals surface area contributed by atoms with E-state index in [1.165, 1.54) is 0 Å². The number of phenols is 1. The van der Waals surface area contributed by atoms with E-state index in [-0.39, 0.29) is 5.75 Å². The highest BCUT2D eigenvalue weighted by Crippen LogP contribution is 2.23. The number of hydrogen-bond donors (Lipinski definition) is 1. The van der Waals surface area contributed by atoms with Crippen LogP contribution in [-0.2, 0) is 0 Å². The molecule has 1 N–H and O–H groups in total. The van der Waals surface area contributed by atoms with Gasteiger partial charge in [-0.3, -0.25) is 0 Å². The maximum absolute atomic E-state index is 9.23. The lowest BCUT2D eigenvalue weighted by Gasteiger charge is -1.95. The standard InChI is InChI=1S/C14H9BN2O2/c15-11-5-1-9(2-6-11)13-16-14(19-17-13)10-3-7-12(18)8-4-10/h1-8,18H. The van der Waals surface area contributed by atoms with Crippen LogP contribution < -0.4 is 5.46 Å². The molecule has 0 aliphatic carbocycles. The van der Waals surface area contributed by atoms with E-state index in [4.69, 9.17) is 12.4 Å². The molecule has 5 heteroatoms. The minimum Gasteiger partial charge on any atom is -0.508 e. The first kappa shape index (κ1) is 11.5. The Bertz CT molecular complexity index is 630. The molecule has 2 radical (unpaired) electrons. The lowest BCUT2D eigenvalue weighted by atomic mass is 9.95. The predicted octanol–water partition coefficient (Wildman–Crippen LogP) is 1.90. The van der Waals surface area contributed by atoms with E-state index in [2.05, 4.69) is 10.1 Å². The van der Waals surface area contributed by atoms with Crippen molar-refractivity contribution >= 4 is 13.3 Å². The number of aromatic nitrogens is 2. The van der Waals surface area contributed by atoms with Crippen LogP contribution in [0.1, 0.15) is 0 Å². The van der Waals surface area contributed by atoms with Crippen LogP contribution in [0.5, 0.6) is 5.75 Å². The fraction of sp³-hybridized carbons (Fsp3) is 0. The number of benzene rings is 2. The topological polar surface area (TPSA) is 59.2 Å². The minimum atomic E-state index is 0.196. The van der Waals surface area contributed by atoms with Gasteiger partial charge in [0.15, 0.2) is 0 Å². The molecule has 0 spiro atoms. The molecule has 2 aromatic carbocycles. The molecule has 1 heterocycles. The number of aromatic hydroxyl groups is 1. The Hall–Kier alpha value is -2.56. The molecule has 0 aliphatic heterocycles. The molecule has 1 aromatic heterocycles. The number of hydrogen-bond acceptors (Lipinski definition) is 4. The van der Waals surface area contributed by atoms with Crippen LogP contribution in [0, 0.1) is 0 Å². The van der Waals surface area contributed by atoms with E-state index in [1.807, 2.05) is 12.1 Å². The highest BCUT2D eigenvalue weighted by Gasteiger charge is 2.10. The van der Waals surface area contributed by atoms with Crippen molar-refractivity contribution in [1.82, 2.24) is 10.1 Å². The van der Waals surface area contributed by atoms with Gasteiger partial charge in [0.2, 0.25) is 5.82 Å². The first-order valence-electron chi connectivity index (χ1n) is 5.71. The summed E-state index contributed by atoms with van der Waals surface area (Å²) in [5.41, 5.74) is 2.28. The van der Waals surface area contributed by atoms with Crippen molar-refractivity contribution in [3.63, 3.8) is 0 Å². The molecule has 0 aliphatic rings. The summed E-state index contributed by atoms with van der Waals surface area (Å²) >= 11 is 0. The molecule has 0 bridgehead atoms. The zero-order valence-electron chi connectivity index (χ0n) is 9.95. The van der Waals surface area contributed by atoms with Crippen molar-refractivity contribution < 1.29 is 9.63 Å². The van der Waals surface area contributed by atoms with Crippen molar-refractivity contribution in [2.24, 2.45) is 0 Å². The Morgan fingerprint density at radius 1 is 0.895 bits per heavy atom. The monoisotopic (exact) mass is 248 g/mol. The van der Waals surface area contributed by atoms with Gasteiger partial charge < -0.3 is 9.63 Å². The van der Waals surface area contributed by atoms with Crippen LogP contribution in [0.25, 0.3) is 22.8 Å². The summed E-state index contributed by atoms with van der Waals surface area (Å²) in [5.74, 6) is 1.11. The molecule has 90 valence electrons. The van der Waals surface area contributed by atoms with Gasteiger partial charge in [0, 0.05) is 11.1 Å². The largest absolute Gasteiger partial charge is 0.508 e. The molecular formula is C14H9BN2O2. The van der Waals surface area contributed by atoms with Gasteiger partial charge in [0.05, 0.1) is 0 Å². The van der Waals surface area contributed by atoms with E-state index in [0.717, 1.165) is 11.1 Å². The second kappa shape index (κ2) is 4.61. The van der Waals surface area contributed by atoms with Gasteiger partial charge in [-0.05, 0) is 24.3 Å². The van der Waals surface area contributed by atoms with Gasteiger partial charge in [-0.25, -0.2) is 0 Å². The van der Waals surface area contributed by atoms with E-state index < -0.39 is 0 Å². The highest BCUT2D eigenvalue weighted by atomic mass is 16.5. The summed E-state index contributed by atoms with van der Waals surface area (Å²) in [6, 6.07) is 13.8. The third-order valence-electron chi connectivity index (χ3n) is 2.71. The van der Waals surface area contributed by atoms with Crippen LogP contribution in [0.3, 0.4) is 0 Å². The minimum absolute atomic E-state index is 0.196. The average Bonchev–Trinajstić information content (AvgIpc) is 2.90. The smallest absolute Gasteiger partial charge is 0.258 e. The van der Waals surface area contributed by atoms with Gasteiger partial charge >= 0.3 is 0 Å². The van der Waals surface area contributed by atoms with Crippen molar-refractivity contribution in [2.45, 2.75) is 0 Å². The molecule has 4 nitrogen and oxygen atoms in total. The van der Waals surface area contributed by atoms with Gasteiger partial charge in [0.25, 0.3) is 5.89 Å². The lowest BCUT2D eigenvalue weighted by Crippen LogP contribution is -1.99. The molecule has 0 unspecified atom stereocenters. The first-order valence-corrected chi connectivity index (χ1v) is 5.71. The third kappa shape index (κ3) is 2.35. The van der Waals surface area contributed by atoms with Crippen molar-refractivity contribution in [3.8, 4) is 28.6 Å². The van der Waals surface area contributed by atoms with E-state index in [0.29, 0.717) is 17.2 Å². The molecule has 0 saturated heterocycles. The first-order chi connectivity index (χ1) is 9.22. The molecule has 0 amide bonds. The van der Waals surface area contributed by atoms with Gasteiger partial charge in [-0.15, -0.1) is 0 Å². The summed E-state index contributed by atoms with van der Waals surface area (Å²) in [4.78, 5) is 4.31. The Morgan fingerprint density at radius 3 is 2.21 bits per heavy atom. The van der Waals surface area contributed by atoms with Crippen LogP contribution >= 0.6 is 0 Å². The molecule has 0 atom stereocenters. The van der Waals surface area contributed by atoms with Gasteiger partial charge in [0.1, 0.15) is 13.6 Å². The summed E-state index contributed by atoms with van der Waals surface area (Å²) in [5, 5.41) is 13.2. The van der Waals surface area contributed by atoms with E-state index in [9.17, 15) is 5.11 Å². The zero-order valence-corrected chi connectivity index (χ0v) is 9.95. The Labute approximate surface area is 111 Å². The Kier molecular flexibility index (Phi) is 2.80. The molecule has 3 rings (SSSR count). The van der Waals surface area contributed by atoms with E-state index >= 15 is 0 Å². The summed E-state index contributed by atoms with van der Waals surface area (Å²) < 4.78 is 5.20. The normalized spacial score (nSPS) is 10.5. The summed E-state index contributed by atoms with van der Waals surface area (Å²) in [7, 11) is 5.63. The quantitative estimate of drug-likeness (QED) is 0.703. The van der Waals surface area contributed by atoms with Crippen molar-refractivity contribution in [3.05, 3.63) is 48.5 Å². The van der Waals surface area contributed by atoms with Crippen LogP contribution in [0.4, 0.5) is 0 Å². The fourth-order valence-corrected chi connectivity index (χ4v) is 1.69. The predicted molar refractivity (Wildman–Crippen MR) is 72.2 cm³/mol. The molecule has 19 heavy (non-hydrogen) atoms. The number of rotatable bonds is 2. The fourth-order valence-electron chi connectivity index (χ4n) is 1.69. The second-order valence-corrected chi connectivity index (χ2v) is 4.09. The van der Waals surface area contributed by atoms with Crippen molar-refractivity contribution in [2.75, 3.05) is 0 Å². The van der Waals surface area contributed by atoms with Gasteiger partial charge in [-0.1, -0.05) is 34.9 Å². The Balaban J connectivity index is 1.95. The molecular weight excluding hydrogens is 239 g/mol. The molecule has 3 aromatic rings. The Morgan fingerprint density at radius 2 is 1.53 bits per heavy atom. The number of phenolic OH excluding ortho intramolecular Hbond substituents is 1. The van der Waals surface area contributed by atoms with Crippen LogP contribution in [-0.4, -0.2) is 23.1 Å². The lowest BCUT2D eigenvalue weighted by molar-refractivity contribution is 0.432. The SMILES string of the molecule is [B]c1ccc(-c2noc(-c3ccc(O)cc3)n2)cc1. The van der Waals surface area contributed by atoms with E-state index in [1.54, 1.807) is 36.4 Å². The molecule has 0 saturated carbocycles. The van der Waals surface area contributed by atoms with Gasteiger partial charge in [-0.2, -0.15) is 4.98 Å². The average molecular weight is 248 g/mol. The molecule has 0 fully saturated rings. The maximum atomic E-state index is 9.23. The number of nitrogens with zero attached hydrogens (tertiary/aromatic N) is 2. The summed E-state index contributed by atoms with van der Waals surface area (Å²) in [6.07, 6.45) is 0. The summed E-state index contributed by atoms with van der Waals surface area (Å²) in [6.45, 7) is 0. The third-order valence-corrected chi connectivity index (χ3v) is 2.71. The highest BCUT2D eigenvalue weighted by molar-refractivity contribution is 6.32. The van der Waals surface area contributed by atoms with Crippen LogP contribution in [0.15, 0.2) is 53.1 Å². The zero-order chi connectivity index (χ0) is 13.2. The second-order valence-electron chi connectivity index (χ2n) is 4.09. The van der Waals surface area contributed by atoms with Crippen LogP contribution in [0.2, 0.25) is 0 Å².